The number of hydrogen-bond acceptors (Lipinski definition) is 1. The molecule has 0 radical (unpaired) electrons. The van der Waals surface area contributed by atoms with E-state index in [1.54, 1.807) is 5.57 Å². The maximum atomic E-state index is 11.8. The average Bonchev–Trinajstić information content (AvgIpc) is 2.82. The van der Waals surface area contributed by atoms with Gasteiger partial charge < -0.3 is 0 Å². The third-order valence-corrected chi connectivity index (χ3v) is 7.63. The van der Waals surface area contributed by atoms with Gasteiger partial charge in [0.1, 0.15) is 5.78 Å². The fourth-order valence-corrected chi connectivity index (χ4v) is 6.46. The number of carbonyl (C=O) groups is 1. The Labute approximate surface area is 123 Å². The Morgan fingerprint density at radius 3 is 2.75 bits per heavy atom. The minimum absolute atomic E-state index is 0.485. The molecular weight excluding hydrogens is 244 g/mol. The summed E-state index contributed by atoms with van der Waals surface area (Å²) in [5.41, 5.74) is 4.05. The van der Waals surface area contributed by atoms with Crippen molar-refractivity contribution in [1.82, 2.24) is 0 Å². The second kappa shape index (κ2) is 4.45. The molecule has 5 atom stereocenters. The number of fused-ring (bicyclic) bond motifs is 5. The summed E-state index contributed by atoms with van der Waals surface area (Å²) in [6, 6.07) is 0. The number of hydrogen-bond donors (Lipinski definition) is 0. The van der Waals surface area contributed by atoms with E-state index in [4.69, 9.17) is 0 Å². The van der Waals surface area contributed by atoms with Gasteiger partial charge in [0, 0.05) is 12.8 Å². The Morgan fingerprint density at radius 2 is 1.90 bits per heavy atom. The third kappa shape index (κ3) is 1.71. The molecule has 0 aliphatic heterocycles. The highest BCUT2D eigenvalue weighted by molar-refractivity contribution is 5.79. The quantitative estimate of drug-likeness (QED) is 0.573. The molecule has 4 aliphatic carbocycles. The largest absolute Gasteiger partial charge is 0.300 e. The van der Waals surface area contributed by atoms with E-state index in [0.29, 0.717) is 17.1 Å². The summed E-state index contributed by atoms with van der Waals surface area (Å²) in [7, 11) is 0. The standard InChI is InChI=1S/C19H28O/c1-12-3-5-16-15(12)7-8-18-17(16)6-4-13-11-14(20)9-10-19(13,18)2/h13,16-18H,3-11H2,1-2H3/t13-,16+,17-,18-,19-/m0/s1. The molecule has 0 aromatic carbocycles. The van der Waals surface area contributed by atoms with Crippen LogP contribution in [0.4, 0.5) is 0 Å². The van der Waals surface area contributed by atoms with Gasteiger partial charge in [0.25, 0.3) is 0 Å². The number of Topliss-reactive ketones (excluding diaryl/α,β-unsaturated/α-hetero) is 1. The van der Waals surface area contributed by atoms with Gasteiger partial charge in [-0.3, -0.25) is 4.79 Å². The fraction of sp³-hybridized carbons (Fsp3) is 0.842. The Hall–Kier alpha value is -0.590. The molecule has 4 rings (SSSR count). The molecule has 110 valence electrons. The van der Waals surface area contributed by atoms with Crippen molar-refractivity contribution in [2.45, 2.75) is 71.6 Å². The van der Waals surface area contributed by atoms with Crippen molar-refractivity contribution >= 4 is 5.78 Å². The summed E-state index contributed by atoms with van der Waals surface area (Å²) < 4.78 is 0. The van der Waals surface area contributed by atoms with E-state index in [1.807, 2.05) is 5.57 Å². The zero-order valence-electron chi connectivity index (χ0n) is 13.1. The van der Waals surface area contributed by atoms with Crippen molar-refractivity contribution < 1.29 is 4.79 Å². The van der Waals surface area contributed by atoms with Crippen LogP contribution in [-0.4, -0.2) is 5.78 Å². The van der Waals surface area contributed by atoms with Gasteiger partial charge in [-0.25, -0.2) is 0 Å². The van der Waals surface area contributed by atoms with Crippen LogP contribution in [0.25, 0.3) is 0 Å². The molecule has 3 saturated carbocycles. The zero-order chi connectivity index (χ0) is 13.9. The van der Waals surface area contributed by atoms with E-state index >= 15 is 0 Å². The Balaban J connectivity index is 1.64. The van der Waals surface area contributed by atoms with Crippen LogP contribution in [0.5, 0.6) is 0 Å². The van der Waals surface area contributed by atoms with Crippen molar-refractivity contribution in [2.75, 3.05) is 0 Å². The van der Waals surface area contributed by atoms with Gasteiger partial charge in [0.05, 0.1) is 0 Å². The molecular formula is C19H28O. The van der Waals surface area contributed by atoms with Crippen LogP contribution in [-0.2, 0) is 4.79 Å². The van der Waals surface area contributed by atoms with Gasteiger partial charge >= 0.3 is 0 Å². The molecule has 1 nitrogen and oxygen atoms in total. The Bertz CT molecular complexity index is 474. The van der Waals surface area contributed by atoms with E-state index in [0.717, 1.165) is 30.6 Å². The maximum absolute atomic E-state index is 11.8. The highest BCUT2D eigenvalue weighted by atomic mass is 16.1. The summed E-state index contributed by atoms with van der Waals surface area (Å²) >= 11 is 0. The Morgan fingerprint density at radius 1 is 1.05 bits per heavy atom. The lowest BCUT2D eigenvalue weighted by atomic mass is 9.48. The van der Waals surface area contributed by atoms with Crippen LogP contribution in [0.2, 0.25) is 0 Å². The number of carbonyl (C=O) groups excluding carboxylic acids is 1. The first-order valence-corrected chi connectivity index (χ1v) is 8.80. The molecule has 0 saturated heterocycles. The van der Waals surface area contributed by atoms with Crippen LogP contribution in [0.3, 0.4) is 0 Å². The van der Waals surface area contributed by atoms with Crippen LogP contribution in [0.15, 0.2) is 11.1 Å². The van der Waals surface area contributed by atoms with Gasteiger partial charge in [-0.05, 0) is 81.0 Å². The molecule has 0 spiro atoms. The summed E-state index contributed by atoms with van der Waals surface area (Å²) in [6.07, 6.45) is 11.2. The van der Waals surface area contributed by atoms with E-state index in [9.17, 15) is 4.79 Å². The molecule has 0 heterocycles. The topological polar surface area (TPSA) is 17.1 Å². The second-order valence-corrected chi connectivity index (χ2v) is 8.28. The maximum Gasteiger partial charge on any atom is 0.133 e. The number of rotatable bonds is 0. The minimum Gasteiger partial charge on any atom is -0.300 e. The van der Waals surface area contributed by atoms with Crippen molar-refractivity contribution in [3.05, 3.63) is 11.1 Å². The van der Waals surface area contributed by atoms with E-state index in [-0.39, 0.29) is 0 Å². The highest BCUT2D eigenvalue weighted by Gasteiger charge is 2.54. The lowest BCUT2D eigenvalue weighted by Gasteiger charge is -2.57. The smallest absolute Gasteiger partial charge is 0.133 e. The Kier molecular flexibility index (Phi) is 2.91. The molecule has 0 unspecified atom stereocenters. The highest BCUT2D eigenvalue weighted by Crippen LogP contribution is 2.62. The van der Waals surface area contributed by atoms with E-state index in [2.05, 4.69) is 13.8 Å². The van der Waals surface area contributed by atoms with Gasteiger partial charge in [0.15, 0.2) is 0 Å². The first-order valence-electron chi connectivity index (χ1n) is 8.80. The number of allylic oxidation sites excluding steroid dienone is 2. The van der Waals surface area contributed by atoms with Crippen molar-refractivity contribution in [3.8, 4) is 0 Å². The van der Waals surface area contributed by atoms with E-state index < -0.39 is 0 Å². The third-order valence-electron chi connectivity index (χ3n) is 7.63. The SMILES string of the molecule is CC1=C2CC[C@H]3[C@@H](CC[C@H]4CC(=O)CC[C@@]43C)[C@@H]2CC1. The summed E-state index contributed by atoms with van der Waals surface area (Å²) in [6.45, 7) is 4.92. The molecule has 20 heavy (non-hydrogen) atoms. The lowest BCUT2D eigenvalue weighted by molar-refractivity contribution is -0.132. The first-order chi connectivity index (χ1) is 9.59. The minimum atomic E-state index is 0.485. The molecule has 0 aromatic heterocycles. The summed E-state index contributed by atoms with van der Waals surface area (Å²) in [5, 5.41) is 0. The molecule has 0 bridgehead atoms. The normalized spacial score (nSPS) is 47.8. The second-order valence-electron chi connectivity index (χ2n) is 8.28. The van der Waals surface area contributed by atoms with Gasteiger partial charge in [-0.2, -0.15) is 0 Å². The van der Waals surface area contributed by atoms with E-state index in [1.165, 1.54) is 44.9 Å². The van der Waals surface area contributed by atoms with Gasteiger partial charge in [-0.1, -0.05) is 18.1 Å². The van der Waals surface area contributed by atoms with Gasteiger partial charge in [-0.15, -0.1) is 0 Å². The van der Waals surface area contributed by atoms with Crippen LogP contribution >= 0.6 is 0 Å². The van der Waals surface area contributed by atoms with Crippen molar-refractivity contribution in [2.24, 2.45) is 29.1 Å². The monoisotopic (exact) mass is 272 g/mol. The summed E-state index contributed by atoms with van der Waals surface area (Å²) in [5.74, 6) is 4.03. The van der Waals surface area contributed by atoms with Crippen LogP contribution in [0.1, 0.15) is 71.6 Å². The predicted octanol–water partition coefficient (Wildman–Crippen LogP) is 4.91. The molecule has 0 N–H and O–H groups in total. The predicted molar refractivity (Wildman–Crippen MR) is 81.3 cm³/mol. The molecule has 1 heteroatoms. The molecule has 4 aliphatic rings. The number of ketones is 1. The zero-order valence-corrected chi connectivity index (χ0v) is 13.1. The first kappa shape index (κ1) is 13.1. The molecule has 0 aromatic rings. The molecule has 3 fully saturated rings. The van der Waals surface area contributed by atoms with Crippen molar-refractivity contribution in [1.29, 1.82) is 0 Å². The van der Waals surface area contributed by atoms with Crippen LogP contribution in [0, 0.1) is 29.1 Å². The summed E-state index contributed by atoms with van der Waals surface area (Å²) in [4.78, 5) is 11.8. The molecule has 0 amide bonds. The van der Waals surface area contributed by atoms with Crippen molar-refractivity contribution in [3.63, 3.8) is 0 Å². The van der Waals surface area contributed by atoms with Crippen LogP contribution < -0.4 is 0 Å². The average molecular weight is 272 g/mol. The lowest BCUT2D eigenvalue weighted by Crippen LogP contribution is -2.50. The van der Waals surface area contributed by atoms with Gasteiger partial charge in [0.2, 0.25) is 0 Å². The fourth-order valence-electron chi connectivity index (χ4n) is 6.46.